The zero-order chi connectivity index (χ0) is 9.26. The van der Waals surface area contributed by atoms with E-state index in [1.807, 2.05) is 0 Å². The van der Waals surface area contributed by atoms with Gasteiger partial charge in [0.1, 0.15) is 0 Å². The van der Waals surface area contributed by atoms with E-state index in [1.165, 1.54) is 17.5 Å². The first-order chi connectivity index (χ1) is 6.27. The fraction of sp³-hybridized carbons (Fsp3) is 0.667. The summed E-state index contributed by atoms with van der Waals surface area (Å²) in [6.07, 6.45) is 3.61. The molecule has 0 spiro atoms. The Morgan fingerprint density at radius 3 is 2.60 bits per heavy atom. The van der Waals surface area contributed by atoms with Gasteiger partial charge in [0.2, 0.25) is 0 Å². The van der Waals surface area contributed by atoms with Gasteiger partial charge >= 0.3 is 0 Å². The van der Waals surface area contributed by atoms with Gasteiger partial charge in [-0.1, -0.05) is 6.42 Å². The number of rotatable bonds is 1. The number of nitrogens with one attached hydrogen (secondary N) is 2. The summed E-state index contributed by atoms with van der Waals surface area (Å²) >= 11 is 0. The number of nitrogens with zero attached hydrogens (tertiary/aromatic N) is 1. The molecule has 0 radical (unpaired) electrons. The van der Waals surface area contributed by atoms with Crippen LogP contribution < -0.4 is 10.9 Å². The molecule has 1 saturated heterocycles. The van der Waals surface area contributed by atoms with Crippen molar-refractivity contribution in [3.8, 4) is 0 Å². The number of aromatic amines is 1. The average molecular weight is 254 g/mol. The van der Waals surface area contributed by atoms with Gasteiger partial charge in [0, 0.05) is 19.2 Å². The molecule has 2 rings (SSSR count). The largest absolute Gasteiger partial charge is 0.309 e. The Hall–Kier alpha value is -0.450. The lowest BCUT2D eigenvalue weighted by Crippen LogP contribution is -2.27. The average Bonchev–Trinajstić information content (AvgIpc) is 2.49. The Kier molecular flexibility index (Phi) is 6.02. The Morgan fingerprint density at radius 1 is 1.40 bits per heavy atom. The number of hydrogen-bond donors (Lipinski definition) is 2. The number of aryl methyl sites for hydroxylation is 1. The number of aromatic nitrogens is 2. The van der Waals surface area contributed by atoms with E-state index >= 15 is 0 Å². The van der Waals surface area contributed by atoms with Crippen LogP contribution in [-0.2, 0) is 7.05 Å². The monoisotopic (exact) mass is 253 g/mol. The molecule has 6 heteroatoms. The number of halogens is 2. The van der Waals surface area contributed by atoms with Gasteiger partial charge in [-0.05, 0) is 19.4 Å². The summed E-state index contributed by atoms with van der Waals surface area (Å²) in [5, 5.41) is 6.45. The van der Waals surface area contributed by atoms with Crippen molar-refractivity contribution in [1.29, 1.82) is 0 Å². The van der Waals surface area contributed by atoms with Crippen LogP contribution in [0.1, 0.15) is 31.0 Å². The van der Waals surface area contributed by atoms with Crippen molar-refractivity contribution in [3.63, 3.8) is 0 Å². The summed E-state index contributed by atoms with van der Waals surface area (Å²) in [4.78, 5) is 11.2. The third-order valence-corrected chi connectivity index (χ3v) is 2.59. The van der Waals surface area contributed by atoms with Crippen LogP contribution in [0.5, 0.6) is 0 Å². The Bertz CT molecular complexity index is 341. The second kappa shape index (κ2) is 6.20. The minimum Gasteiger partial charge on any atom is -0.309 e. The standard InChI is InChI=1S/C9H15N3O.2ClH/c1-12-9(13)6-8(11-12)7-4-2-3-5-10-7;;/h6-7,10-11H,2-5H2,1H3;2*1H. The summed E-state index contributed by atoms with van der Waals surface area (Å²) in [5.41, 5.74) is 1.06. The fourth-order valence-corrected chi connectivity index (χ4v) is 1.81. The first-order valence-corrected chi connectivity index (χ1v) is 4.77. The molecule has 2 N–H and O–H groups in total. The lowest BCUT2D eigenvalue weighted by atomic mass is 10.0. The molecular formula is C9H17Cl2N3O. The predicted molar refractivity (Wildman–Crippen MR) is 65.1 cm³/mol. The maximum Gasteiger partial charge on any atom is 0.266 e. The smallest absolute Gasteiger partial charge is 0.266 e. The molecule has 0 saturated carbocycles. The summed E-state index contributed by atoms with van der Waals surface area (Å²) in [7, 11) is 1.74. The maximum atomic E-state index is 11.2. The molecule has 1 atom stereocenters. The molecular weight excluding hydrogens is 237 g/mol. The molecule has 1 aliphatic rings. The Morgan fingerprint density at radius 2 is 2.13 bits per heavy atom. The second-order valence-electron chi connectivity index (χ2n) is 3.61. The summed E-state index contributed by atoms with van der Waals surface area (Å²) < 4.78 is 1.52. The molecule has 4 nitrogen and oxygen atoms in total. The van der Waals surface area contributed by atoms with Crippen LogP contribution in [0.15, 0.2) is 10.9 Å². The molecule has 0 aliphatic carbocycles. The first-order valence-electron chi connectivity index (χ1n) is 4.77. The third-order valence-electron chi connectivity index (χ3n) is 2.59. The van der Waals surface area contributed by atoms with Crippen molar-refractivity contribution in [2.24, 2.45) is 7.05 Å². The van der Waals surface area contributed by atoms with Crippen LogP contribution in [0.25, 0.3) is 0 Å². The molecule has 15 heavy (non-hydrogen) atoms. The van der Waals surface area contributed by atoms with Crippen molar-refractivity contribution < 1.29 is 0 Å². The van der Waals surface area contributed by atoms with Crippen LogP contribution in [0.2, 0.25) is 0 Å². The summed E-state index contributed by atoms with van der Waals surface area (Å²) in [6, 6.07) is 2.03. The lowest BCUT2D eigenvalue weighted by molar-refractivity contribution is 0.402. The van der Waals surface area contributed by atoms with Crippen molar-refractivity contribution in [2.75, 3.05) is 6.54 Å². The molecule has 1 aliphatic heterocycles. The molecule has 1 aromatic heterocycles. The van der Waals surface area contributed by atoms with Crippen LogP contribution in [0, 0.1) is 0 Å². The molecule has 2 heterocycles. The van der Waals surface area contributed by atoms with Gasteiger partial charge in [-0.15, -0.1) is 24.8 Å². The molecule has 1 unspecified atom stereocenters. The number of piperidine rings is 1. The van der Waals surface area contributed by atoms with Gasteiger partial charge in [0.25, 0.3) is 5.56 Å². The van der Waals surface area contributed by atoms with E-state index in [1.54, 1.807) is 13.1 Å². The van der Waals surface area contributed by atoms with Gasteiger partial charge in [-0.3, -0.25) is 14.6 Å². The highest BCUT2D eigenvalue weighted by atomic mass is 35.5. The van der Waals surface area contributed by atoms with Crippen molar-refractivity contribution in [2.45, 2.75) is 25.3 Å². The first kappa shape index (κ1) is 14.6. The van der Waals surface area contributed by atoms with Gasteiger partial charge in [0.15, 0.2) is 0 Å². The van der Waals surface area contributed by atoms with E-state index in [4.69, 9.17) is 0 Å². The van der Waals surface area contributed by atoms with Gasteiger partial charge in [0.05, 0.1) is 5.69 Å². The molecule has 0 bridgehead atoms. The molecule has 1 aromatic rings. The maximum absolute atomic E-state index is 11.2. The Balaban J connectivity index is 0.000000980. The predicted octanol–water partition coefficient (Wildman–Crippen LogP) is 1.37. The van der Waals surface area contributed by atoms with E-state index in [-0.39, 0.29) is 30.4 Å². The fourth-order valence-electron chi connectivity index (χ4n) is 1.81. The lowest BCUT2D eigenvalue weighted by Gasteiger charge is -2.21. The van der Waals surface area contributed by atoms with Gasteiger partial charge in [-0.2, -0.15) is 0 Å². The van der Waals surface area contributed by atoms with Gasteiger partial charge < -0.3 is 5.32 Å². The minimum atomic E-state index is 0. The summed E-state index contributed by atoms with van der Waals surface area (Å²) in [6.45, 7) is 1.06. The van der Waals surface area contributed by atoms with Crippen LogP contribution in [0.4, 0.5) is 0 Å². The third kappa shape index (κ3) is 3.26. The van der Waals surface area contributed by atoms with E-state index in [2.05, 4.69) is 10.4 Å². The van der Waals surface area contributed by atoms with E-state index in [9.17, 15) is 4.79 Å². The SMILES string of the molecule is Cl.Cl.Cn1[nH]c(C2CCCCN2)cc1=O. The number of H-pyrrole nitrogens is 1. The minimum absolute atomic E-state index is 0. The Labute approximate surface area is 101 Å². The van der Waals surface area contributed by atoms with Crippen LogP contribution >= 0.6 is 24.8 Å². The summed E-state index contributed by atoms with van der Waals surface area (Å²) in [5.74, 6) is 0. The normalized spacial score (nSPS) is 20.2. The van der Waals surface area contributed by atoms with Crippen molar-refractivity contribution >= 4 is 24.8 Å². The quantitative estimate of drug-likeness (QED) is 0.795. The van der Waals surface area contributed by atoms with Crippen molar-refractivity contribution in [3.05, 3.63) is 22.1 Å². The molecule has 0 aromatic carbocycles. The van der Waals surface area contributed by atoms with E-state index < -0.39 is 0 Å². The van der Waals surface area contributed by atoms with E-state index in [0.717, 1.165) is 18.7 Å². The highest BCUT2D eigenvalue weighted by Gasteiger charge is 2.16. The molecule has 88 valence electrons. The number of hydrogen-bond acceptors (Lipinski definition) is 2. The zero-order valence-electron chi connectivity index (χ0n) is 8.66. The molecule has 0 amide bonds. The zero-order valence-corrected chi connectivity index (χ0v) is 10.3. The van der Waals surface area contributed by atoms with Gasteiger partial charge in [-0.25, -0.2) is 0 Å². The highest BCUT2D eigenvalue weighted by molar-refractivity contribution is 5.85. The van der Waals surface area contributed by atoms with Crippen LogP contribution in [0.3, 0.4) is 0 Å². The van der Waals surface area contributed by atoms with E-state index in [0.29, 0.717) is 6.04 Å². The molecule has 1 fully saturated rings. The highest BCUT2D eigenvalue weighted by Crippen LogP contribution is 2.19. The van der Waals surface area contributed by atoms with Crippen LogP contribution in [-0.4, -0.2) is 16.3 Å². The topological polar surface area (TPSA) is 49.8 Å². The second-order valence-corrected chi connectivity index (χ2v) is 3.61. The van der Waals surface area contributed by atoms with Crippen molar-refractivity contribution in [1.82, 2.24) is 15.1 Å².